The van der Waals surface area contributed by atoms with Gasteiger partial charge in [0.2, 0.25) is 5.91 Å². The SMILES string of the molecule is CN(CC(=O)NC(=O)Nc1ccc2c(c1)OCCO2)Cc1nc2ccccc2c(=O)[nH]1. The molecule has 0 saturated carbocycles. The standard InChI is InChI=1S/C21H21N5O5/c1-26(11-18-23-15-5-3-2-4-14(15)20(28)24-18)12-19(27)25-21(29)22-13-6-7-16-17(10-13)31-9-8-30-16/h2-7,10H,8-9,11-12H2,1H3,(H,23,24,28)(H2,22,25,27,29). The number of ether oxygens (including phenoxy) is 2. The third-order valence-electron chi connectivity index (χ3n) is 4.55. The largest absolute Gasteiger partial charge is 0.486 e. The molecule has 31 heavy (non-hydrogen) atoms. The summed E-state index contributed by atoms with van der Waals surface area (Å²) in [6.45, 7) is 1.08. The second-order valence-electron chi connectivity index (χ2n) is 7.06. The number of urea groups is 1. The van der Waals surface area contributed by atoms with E-state index in [2.05, 4.69) is 20.6 Å². The molecule has 160 valence electrons. The molecule has 3 aromatic rings. The van der Waals surface area contributed by atoms with Crippen LogP contribution in [-0.2, 0) is 11.3 Å². The summed E-state index contributed by atoms with van der Waals surface area (Å²) >= 11 is 0. The minimum atomic E-state index is -0.660. The minimum Gasteiger partial charge on any atom is -0.486 e. The fourth-order valence-corrected chi connectivity index (χ4v) is 3.22. The van der Waals surface area contributed by atoms with E-state index in [0.29, 0.717) is 47.1 Å². The summed E-state index contributed by atoms with van der Waals surface area (Å²) in [4.78, 5) is 45.2. The number of imide groups is 1. The van der Waals surface area contributed by atoms with Gasteiger partial charge in [-0.15, -0.1) is 0 Å². The number of H-pyrrole nitrogens is 1. The molecule has 0 unspecified atom stereocenters. The number of aromatic amines is 1. The Hall–Kier alpha value is -3.92. The van der Waals surface area contributed by atoms with E-state index in [4.69, 9.17) is 9.47 Å². The fraction of sp³-hybridized carbons (Fsp3) is 0.238. The number of nitrogens with one attached hydrogen (secondary N) is 3. The van der Waals surface area contributed by atoms with Crippen LogP contribution in [0.5, 0.6) is 11.5 Å². The van der Waals surface area contributed by atoms with E-state index in [1.54, 1.807) is 54.4 Å². The number of fused-ring (bicyclic) bond motifs is 2. The molecule has 0 radical (unpaired) electrons. The van der Waals surface area contributed by atoms with Gasteiger partial charge in [0.05, 0.1) is 24.0 Å². The molecule has 0 atom stereocenters. The third-order valence-corrected chi connectivity index (χ3v) is 4.55. The topological polar surface area (TPSA) is 126 Å². The number of rotatable bonds is 5. The van der Waals surface area contributed by atoms with E-state index < -0.39 is 11.9 Å². The summed E-state index contributed by atoms with van der Waals surface area (Å²) in [7, 11) is 1.69. The Morgan fingerprint density at radius 2 is 1.90 bits per heavy atom. The maximum Gasteiger partial charge on any atom is 0.325 e. The van der Waals surface area contributed by atoms with Gasteiger partial charge in [-0.3, -0.25) is 19.8 Å². The summed E-state index contributed by atoms with van der Waals surface area (Å²) in [5, 5.41) is 5.36. The number of amides is 3. The first-order valence-electron chi connectivity index (χ1n) is 9.65. The van der Waals surface area contributed by atoms with Crippen molar-refractivity contribution < 1.29 is 19.1 Å². The first-order valence-corrected chi connectivity index (χ1v) is 9.65. The Labute approximate surface area is 177 Å². The van der Waals surface area contributed by atoms with Crippen molar-refractivity contribution in [3.63, 3.8) is 0 Å². The van der Waals surface area contributed by atoms with Crippen LogP contribution in [0.4, 0.5) is 10.5 Å². The maximum atomic E-state index is 12.2. The highest BCUT2D eigenvalue weighted by Crippen LogP contribution is 2.32. The minimum absolute atomic E-state index is 0.0644. The summed E-state index contributed by atoms with van der Waals surface area (Å²) in [6.07, 6.45) is 0. The number of benzene rings is 2. The molecule has 10 heteroatoms. The number of carbonyl (C=O) groups excluding carboxylic acids is 2. The summed E-state index contributed by atoms with van der Waals surface area (Å²) in [5.74, 6) is 1.07. The van der Waals surface area contributed by atoms with Crippen molar-refractivity contribution in [2.45, 2.75) is 6.54 Å². The van der Waals surface area contributed by atoms with Crippen molar-refractivity contribution in [2.24, 2.45) is 0 Å². The number of aromatic nitrogens is 2. The van der Waals surface area contributed by atoms with E-state index in [1.807, 2.05) is 0 Å². The maximum absolute atomic E-state index is 12.2. The molecule has 2 heterocycles. The van der Waals surface area contributed by atoms with Crippen LogP contribution in [0.2, 0.25) is 0 Å². The van der Waals surface area contributed by atoms with Gasteiger partial charge in [0, 0.05) is 11.8 Å². The third kappa shape index (κ3) is 4.98. The molecular formula is C21H21N5O5. The number of nitrogens with zero attached hydrogens (tertiary/aromatic N) is 2. The molecule has 3 N–H and O–H groups in total. The Balaban J connectivity index is 1.31. The van der Waals surface area contributed by atoms with E-state index in [9.17, 15) is 14.4 Å². The molecule has 4 rings (SSSR count). The molecule has 0 aliphatic carbocycles. The average Bonchev–Trinajstić information content (AvgIpc) is 2.73. The normalized spacial score (nSPS) is 12.6. The molecule has 2 aromatic carbocycles. The predicted molar refractivity (Wildman–Crippen MR) is 113 cm³/mol. The smallest absolute Gasteiger partial charge is 0.325 e. The second kappa shape index (κ2) is 8.84. The zero-order valence-electron chi connectivity index (χ0n) is 16.8. The van der Waals surface area contributed by atoms with E-state index in [-0.39, 0.29) is 18.6 Å². The van der Waals surface area contributed by atoms with Crippen molar-refractivity contribution >= 4 is 28.5 Å². The lowest BCUT2D eigenvalue weighted by Crippen LogP contribution is -2.40. The van der Waals surface area contributed by atoms with Crippen molar-refractivity contribution in [1.29, 1.82) is 0 Å². The molecule has 1 aliphatic rings. The molecule has 0 bridgehead atoms. The summed E-state index contributed by atoms with van der Waals surface area (Å²) < 4.78 is 10.9. The number of likely N-dealkylation sites (N-methyl/N-ethyl adjacent to an activating group) is 1. The van der Waals surface area contributed by atoms with Crippen LogP contribution in [-0.4, -0.2) is 53.6 Å². The van der Waals surface area contributed by atoms with Gasteiger partial charge in [0.1, 0.15) is 19.0 Å². The van der Waals surface area contributed by atoms with Gasteiger partial charge in [-0.1, -0.05) is 12.1 Å². The monoisotopic (exact) mass is 423 g/mol. The van der Waals surface area contributed by atoms with Gasteiger partial charge in [-0.25, -0.2) is 9.78 Å². The lowest BCUT2D eigenvalue weighted by atomic mass is 10.2. The first kappa shape index (κ1) is 20.4. The molecule has 0 spiro atoms. The van der Waals surface area contributed by atoms with Gasteiger partial charge in [0.15, 0.2) is 11.5 Å². The Kier molecular flexibility index (Phi) is 5.80. The van der Waals surface area contributed by atoms with Gasteiger partial charge < -0.3 is 19.8 Å². The molecule has 1 aliphatic heterocycles. The molecule has 0 fully saturated rings. The molecular weight excluding hydrogens is 402 g/mol. The quantitative estimate of drug-likeness (QED) is 0.567. The highest BCUT2D eigenvalue weighted by Gasteiger charge is 2.15. The van der Waals surface area contributed by atoms with Crippen LogP contribution in [0.15, 0.2) is 47.3 Å². The van der Waals surface area contributed by atoms with Crippen LogP contribution in [0.3, 0.4) is 0 Å². The van der Waals surface area contributed by atoms with Gasteiger partial charge in [-0.05, 0) is 31.3 Å². The van der Waals surface area contributed by atoms with Gasteiger partial charge in [-0.2, -0.15) is 0 Å². The highest BCUT2D eigenvalue weighted by molar-refractivity contribution is 6.01. The number of para-hydroxylation sites is 1. The Morgan fingerprint density at radius 1 is 1.13 bits per heavy atom. The van der Waals surface area contributed by atoms with E-state index >= 15 is 0 Å². The zero-order valence-corrected chi connectivity index (χ0v) is 16.8. The van der Waals surface area contributed by atoms with Gasteiger partial charge in [0.25, 0.3) is 5.56 Å². The average molecular weight is 423 g/mol. The second-order valence-corrected chi connectivity index (χ2v) is 7.06. The molecule has 1 aromatic heterocycles. The van der Waals surface area contributed by atoms with Crippen LogP contribution in [0, 0.1) is 0 Å². The van der Waals surface area contributed by atoms with Crippen LogP contribution >= 0.6 is 0 Å². The van der Waals surface area contributed by atoms with E-state index in [1.165, 1.54) is 0 Å². The summed E-state index contributed by atoms with van der Waals surface area (Å²) in [6, 6.07) is 11.3. The van der Waals surface area contributed by atoms with Crippen molar-refractivity contribution in [1.82, 2.24) is 20.2 Å². The van der Waals surface area contributed by atoms with Crippen molar-refractivity contribution in [3.8, 4) is 11.5 Å². The number of anilines is 1. The number of hydrogen-bond donors (Lipinski definition) is 3. The van der Waals surface area contributed by atoms with Crippen LogP contribution in [0.25, 0.3) is 10.9 Å². The Morgan fingerprint density at radius 3 is 2.74 bits per heavy atom. The lowest BCUT2D eigenvalue weighted by molar-refractivity contribution is -0.120. The van der Waals surface area contributed by atoms with Crippen LogP contribution < -0.4 is 25.7 Å². The molecule has 3 amide bonds. The Bertz CT molecular complexity index is 1190. The molecule has 0 saturated heterocycles. The first-order chi connectivity index (χ1) is 15.0. The van der Waals surface area contributed by atoms with E-state index in [0.717, 1.165) is 0 Å². The number of hydrogen-bond acceptors (Lipinski definition) is 7. The lowest BCUT2D eigenvalue weighted by Gasteiger charge is -2.19. The van der Waals surface area contributed by atoms with Crippen molar-refractivity contribution in [3.05, 3.63) is 58.6 Å². The van der Waals surface area contributed by atoms with Crippen molar-refractivity contribution in [2.75, 3.05) is 32.1 Å². The summed E-state index contributed by atoms with van der Waals surface area (Å²) in [5.41, 5.74) is 0.816. The predicted octanol–water partition coefficient (Wildman–Crippen LogP) is 1.47. The molecule has 10 nitrogen and oxygen atoms in total. The highest BCUT2D eigenvalue weighted by atomic mass is 16.6. The van der Waals surface area contributed by atoms with Gasteiger partial charge >= 0.3 is 6.03 Å². The zero-order chi connectivity index (χ0) is 21.8. The van der Waals surface area contributed by atoms with Crippen LogP contribution in [0.1, 0.15) is 5.82 Å². The number of carbonyl (C=O) groups is 2. The fourth-order valence-electron chi connectivity index (χ4n) is 3.22.